The van der Waals surface area contributed by atoms with Gasteiger partial charge in [-0.3, -0.25) is 4.98 Å². The third kappa shape index (κ3) is 5.73. The minimum Gasteiger partial charge on any atom is -0.493 e. The van der Waals surface area contributed by atoms with Crippen molar-refractivity contribution in [2.45, 2.75) is 82.1 Å². The maximum absolute atomic E-state index is 13.4. The number of nitrogens with zero attached hydrogens (tertiary/aromatic N) is 1. The van der Waals surface area contributed by atoms with Crippen LogP contribution in [0.15, 0.2) is 48.7 Å². The number of aryl methyl sites for hydroxylation is 1. The molecule has 0 amide bonds. The molecule has 7 nitrogen and oxygen atoms in total. The predicted molar refractivity (Wildman–Crippen MR) is 175 cm³/mol. The van der Waals surface area contributed by atoms with Crippen LogP contribution < -0.4 is 19.5 Å². The Hall–Kier alpha value is -3.45. The molecule has 1 aliphatic heterocycles. The van der Waals surface area contributed by atoms with Gasteiger partial charge in [0.15, 0.2) is 11.5 Å². The lowest BCUT2D eigenvalue weighted by molar-refractivity contribution is -0.148. The third-order valence-electron chi connectivity index (χ3n) is 10.7. The van der Waals surface area contributed by atoms with Gasteiger partial charge < -0.3 is 24.3 Å². The smallest absolute Gasteiger partial charge is 0.331 e. The van der Waals surface area contributed by atoms with E-state index in [1.165, 1.54) is 42.3 Å². The summed E-state index contributed by atoms with van der Waals surface area (Å²) in [6, 6.07) is 14.1. The van der Waals surface area contributed by atoms with Gasteiger partial charge in [0.05, 0.1) is 13.7 Å². The Morgan fingerprint density at radius 1 is 1.07 bits per heavy atom. The number of esters is 1. The average molecular weight is 631 g/mol. The van der Waals surface area contributed by atoms with E-state index >= 15 is 0 Å². The van der Waals surface area contributed by atoms with Gasteiger partial charge >= 0.3 is 5.97 Å². The number of ether oxygens (including phenoxy) is 4. The van der Waals surface area contributed by atoms with Crippen molar-refractivity contribution < 1.29 is 23.7 Å². The van der Waals surface area contributed by atoms with Crippen molar-refractivity contribution >= 4 is 23.3 Å². The highest BCUT2D eigenvalue weighted by molar-refractivity contribution is 6.30. The van der Waals surface area contributed by atoms with Gasteiger partial charge in [-0.25, -0.2) is 4.79 Å². The molecule has 7 rings (SSSR count). The van der Waals surface area contributed by atoms with Crippen LogP contribution in [0.1, 0.15) is 74.3 Å². The maximum Gasteiger partial charge on any atom is 0.331 e. The second-order valence-electron chi connectivity index (χ2n) is 13.5. The first-order valence-corrected chi connectivity index (χ1v) is 16.9. The molecule has 8 heteroatoms. The predicted octanol–water partition coefficient (Wildman–Crippen LogP) is 7.50. The number of aromatic nitrogens is 1. The quantitative estimate of drug-likeness (QED) is 0.258. The molecule has 1 N–H and O–H groups in total. The second-order valence-corrected chi connectivity index (χ2v) is 13.9. The lowest BCUT2D eigenvalue weighted by Gasteiger charge is -2.48. The van der Waals surface area contributed by atoms with E-state index in [0.717, 1.165) is 61.5 Å². The van der Waals surface area contributed by atoms with E-state index in [4.69, 9.17) is 30.5 Å². The Labute approximate surface area is 271 Å². The maximum atomic E-state index is 13.4. The van der Waals surface area contributed by atoms with Gasteiger partial charge in [0, 0.05) is 28.2 Å². The van der Waals surface area contributed by atoms with E-state index < -0.39 is 5.54 Å². The van der Waals surface area contributed by atoms with Crippen LogP contribution in [0.3, 0.4) is 0 Å². The van der Waals surface area contributed by atoms with Gasteiger partial charge in [-0.1, -0.05) is 24.6 Å². The van der Waals surface area contributed by atoms with Crippen LogP contribution in [0.25, 0.3) is 0 Å². The van der Waals surface area contributed by atoms with Crippen LogP contribution in [0, 0.1) is 11.8 Å². The number of halogens is 1. The zero-order valence-corrected chi connectivity index (χ0v) is 27.1. The molecule has 238 valence electrons. The van der Waals surface area contributed by atoms with Crippen molar-refractivity contribution in [1.29, 1.82) is 0 Å². The van der Waals surface area contributed by atoms with Gasteiger partial charge in [-0.2, -0.15) is 0 Å². The molecule has 2 heterocycles. The molecule has 1 spiro atoms. The Bertz CT molecular complexity index is 1570. The summed E-state index contributed by atoms with van der Waals surface area (Å²) in [5, 5.41) is 4.19. The molecule has 0 bridgehead atoms. The lowest BCUT2D eigenvalue weighted by Crippen LogP contribution is -2.53. The summed E-state index contributed by atoms with van der Waals surface area (Å²) in [6.07, 6.45) is 11.4. The number of nitrogens with one attached hydrogen (secondary N) is 1. The molecule has 4 aliphatic rings. The number of anilines is 1. The summed E-state index contributed by atoms with van der Waals surface area (Å²) in [5.74, 6) is 3.22. The molecule has 1 aromatic heterocycles. The van der Waals surface area contributed by atoms with Crippen LogP contribution in [0.5, 0.6) is 17.2 Å². The fourth-order valence-electron chi connectivity index (χ4n) is 8.49. The Balaban J connectivity index is 1.15. The van der Waals surface area contributed by atoms with E-state index in [-0.39, 0.29) is 11.4 Å². The largest absolute Gasteiger partial charge is 0.493 e. The summed E-state index contributed by atoms with van der Waals surface area (Å²) in [6.45, 7) is 4.11. The zero-order valence-electron chi connectivity index (χ0n) is 26.3. The third-order valence-corrected chi connectivity index (χ3v) is 11.0. The molecule has 2 atom stereocenters. The zero-order chi connectivity index (χ0) is 31.0. The van der Waals surface area contributed by atoms with Gasteiger partial charge in [0.25, 0.3) is 0 Å². The topological polar surface area (TPSA) is 78.9 Å². The number of fused-ring (bicyclic) bond motifs is 4. The molecular formula is C37H43ClN2O5. The van der Waals surface area contributed by atoms with E-state index in [1.54, 1.807) is 0 Å². The van der Waals surface area contributed by atoms with Crippen molar-refractivity contribution in [1.82, 2.24) is 4.98 Å². The number of rotatable bonds is 8. The van der Waals surface area contributed by atoms with Crippen molar-refractivity contribution in [3.8, 4) is 17.2 Å². The Kier molecular flexibility index (Phi) is 8.32. The van der Waals surface area contributed by atoms with Gasteiger partial charge in [-0.05, 0) is 129 Å². The standard InChI is InChI=1S/C37H43ClN2O5/c1-24(23-45-32-10-15-39-31-9-4-3-8-29(31)32)18-26-19-25-20-33-34(44-17-16-43-33)22-30(25)36(26)11-13-37(14-12-36,35(41)42-2)40-28-7-5-6-27(38)21-28/h5-7,10,15,20-22,24,26,40H,3-4,8-9,11-14,16-19,23H2,1-2H3/t24-,26?,36?,37?/m1/s1. The van der Waals surface area contributed by atoms with Crippen molar-refractivity contribution in [2.24, 2.45) is 11.8 Å². The molecule has 1 unspecified atom stereocenters. The van der Waals surface area contributed by atoms with Crippen molar-refractivity contribution in [2.75, 3.05) is 32.2 Å². The number of methoxy groups -OCH3 is 1. The van der Waals surface area contributed by atoms with Crippen LogP contribution in [0.4, 0.5) is 5.69 Å². The second kappa shape index (κ2) is 12.4. The number of pyridine rings is 1. The molecular weight excluding hydrogens is 588 g/mol. The number of benzene rings is 2. The first-order valence-electron chi connectivity index (χ1n) is 16.5. The summed E-state index contributed by atoms with van der Waals surface area (Å²) in [5.41, 5.74) is 5.13. The summed E-state index contributed by atoms with van der Waals surface area (Å²) in [4.78, 5) is 18.0. The molecule has 45 heavy (non-hydrogen) atoms. The molecule has 0 saturated heterocycles. The minimum absolute atomic E-state index is 0.0806. The summed E-state index contributed by atoms with van der Waals surface area (Å²) < 4.78 is 24.0. The van der Waals surface area contributed by atoms with Crippen molar-refractivity contribution in [3.63, 3.8) is 0 Å². The number of carbonyl (C=O) groups excluding carboxylic acids is 1. The first kappa shape index (κ1) is 30.2. The highest BCUT2D eigenvalue weighted by atomic mass is 35.5. The van der Waals surface area contributed by atoms with Gasteiger partial charge in [-0.15, -0.1) is 0 Å². The van der Waals surface area contributed by atoms with E-state index in [9.17, 15) is 4.79 Å². The SMILES string of the molecule is COC(=O)C1(Nc2cccc(Cl)c2)CCC2(CC1)c1cc3c(cc1CC2C[C@@H](C)COc1ccnc2c1CCCC2)OCCO3. The highest BCUT2D eigenvalue weighted by Crippen LogP contribution is 2.58. The highest BCUT2D eigenvalue weighted by Gasteiger charge is 2.54. The van der Waals surface area contributed by atoms with E-state index in [0.29, 0.717) is 49.5 Å². The van der Waals surface area contributed by atoms with E-state index in [1.807, 2.05) is 36.5 Å². The average Bonchev–Trinajstić information content (AvgIpc) is 3.34. The first-order chi connectivity index (χ1) is 21.9. The molecule has 3 aliphatic carbocycles. The minimum atomic E-state index is -0.818. The molecule has 1 saturated carbocycles. The summed E-state index contributed by atoms with van der Waals surface area (Å²) in [7, 11) is 1.48. The Morgan fingerprint density at radius 2 is 1.84 bits per heavy atom. The number of hydrogen-bond acceptors (Lipinski definition) is 7. The van der Waals surface area contributed by atoms with Crippen LogP contribution >= 0.6 is 11.6 Å². The molecule has 2 aromatic carbocycles. The van der Waals surface area contributed by atoms with Gasteiger partial charge in [0.2, 0.25) is 0 Å². The van der Waals surface area contributed by atoms with E-state index in [2.05, 4.69) is 29.4 Å². The monoisotopic (exact) mass is 630 g/mol. The number of carbonyl (C=O) groups is 1. The molecule has 1 fully saturated rings. The van der Waals surface area contributed by atoms with Gasteiger partial charge in [0.1, 0.15) is 24.5 Å². The summed E-state index contributed by atoms with van der Waals surface area (Å²) >= 11 is 6.31. The normalized spacial score (nSPS) is 25.6. The van der Waals surface area contributed by atoms with Crippen LogP contribution in [0.2, 0.25) is 5.02 Å². The molecule has 0 radical (unpaired) electrons. The lowest BCUT2D eigenvalue weighted by atomic mass is 9.59. The van der Waals surface area contributed by atoms with Crippen LogP contribution in [-0.4, -0.2) is 43.4 Å². The molecule has 3 aromatic rings. The van der Waals surface area contributed by atoms with Crippen LogP contribution in [-0.2, 0) is 34.2 Å². The Morgan fingerprint density at radius 3 is 2.62 bits per heavy atom. The fraction of sp³-hybridized carbons (Fsp3) is 0.514. The fourth-order valence-corrected chi connectivity index (χ4v) is 8.68. The number of hydrogen-bond donors (Lipinski definition) is 1. The van der Waals surface area contributed by atoms with Crippen molar-refractivity contribution in [3.05, 3.63) is 76.1 Å².